The molecule has 1 unspecified atom stereocenters. The van der Waals surface area contributed by atoms with Gasteiger partial charge in [-0.25, -0.2) is 4.79 Å². The number of nitrogens with one attached hydrogen (secondary N) is 1. The van der Waals surface area contributed by atoms with Crippen molar-refractivity contribution < 1.29 is 14.1 Å². The van der Waals surface area contributed by atoms with E-state index in [0.717, 1.165) is 0 Å². The summed E-state index contributed by atoms with van der Waals surface area (Å²) in [6, 6.07) is 14.1. The summed E-state index contributed by atoms with van der Waals surface area (Å²) in [5.41, 5.74) is 1.70. The van der Waals surface area contributed by atoms with Crippen LogP contribution >= 0.6 is 0 Å². The van der Waals surface area contributed by atoms with Gasteiger partial charge in [0.2, 0.25) is 5.91 Å². The maximum atomic E-state index is 12.3. The molecule has 0 fully saturated rings. The third-order valence-corrected chi connectivity index (χ3v) is 5.20. The molecule has 3 rings (SSSR count). The monoisotopic (exact) mass is 411 g/mol. The van der Waals surface area contributed by atoms with Crippen molar-refractivity contribution in [2.24, 2.45) is 5.92 Å². The molecule has 1 amide bonds. The summed E-state index contributed by atoms with van der Waals surface area (Å²) in [5.74, 6) is -0.0538. The summed E-state index contributed by atoms with van der Waals surface area (Å²) in [6.45, 7) is 5.11. The molecule has 1 aromatic heterocycles. The molecular weight excluding hydrogens is 386 g/mol. The average molecular weight is 411 g/mol. The topological polar surface area (TPSA) is 107 Å². The second kappa shape index (κ2) is 9.39. The fourth-order valence-corrected chi connectivity index (χ4v) is 3.53. The zero-order valence-electron chi connectivity index (χ0n) is 17.0. The van der Waals surface area contributed by atoms with E-state index in [0.29, 0.717) is 30.9 Å². The van der Waals surface area contributed by atoms with E-state index in [4.69, 9.17) is 4.42 Å². The lowest BCUT2D eigenvalue weighted by Gasteiger charge is -2.22. The van der Waals surface area contributed by atoms with E-state index in [2.05, 4.69) is 31.3 Å². The molecule has 2 aromatic carbocycles. The predicted molar refractivity (Wildman–Crippen MR) is 113 cm³/mol. The normalized spacial score (nSPS) is 12.2. The Morgan fingerprint density at radius 3 is 2.60 bits per heavy atom. The summed E-state index contributed by atoms with van der Waals surface area (Å²) in [7, 11) is 0. The molecule has 0 aliphatic heterocycles. The third kappa shape index (κ3) is 4.94. The largest absolute Gasteiger partial charge is 0.419 e. The van der Waals surface area contributed by atoms with Crippen LogP contribution in [0, 0.1) is 16.0 Å². The maximum absolute atomic E-state index is 12.3. The molecule has 3 aromatic rings. The minimum absolute atomic E-state index is 0.0759. The Labute approximate surface area is 173 Å². The van der Waals surface area contributed by atoms with Gasteiger partial charge in [-0.15, -0.1) is 0 Å². The van der Waals surface area contributed by atoms with E-state index in [-0.39, 0.29) is 29.5 Å². The number of aryl methyl sites for hydroxylation is 1. The number of oxazole rings is 1. The molecule has 1 N–H and O–H groups in total. The van der Waals surface area contributed by atoms with Crippen LogP contribution in [0.1, 0.15) is 38.2 Å². The highest BCUT2D eigenvalue weighted by molar-refractivity contribution is 5.76. The standard InChI is InChI=1S/C22H25N3O5/c1-15(2)18(16-7-4-3-5-8-16)14-23-21(26)9-6-12-24-19-11-10-17(25(28)29)13-20(19)30-22(24)27/h3-5,7-8,10-11,13,15,18H,6,9,12,14H2,1-2H3,(H,23,26). The van der Waals surface area contributed by atoms with Gasteiger partial charge < -0.3 is 9.73 Å². The van der Waals surface area contributed by atoms with Crippen molar-refractivity contribution in [1.82, 2.24) is 9.88 Å². The highest BCUT2D eigenvalue weighted by atomic mass is 16.6. The lowest BCUT2D eigenvalue weighted by atomic mass is 9.88. The van der Waals surface area contributed by atoms with Crippen molar-refractivity contribution in [3.05, 3.63) is 74.8 Å². The van der Waals surface area contributed by atoms with Gasteiger partial charge in [0, 0.05) is 31.5 Å². The Kier molecular flexibility index (Phi) is 6.66. The summed E-state index contributed by atoms with van der Waals surface area (Å²) in [6.07, 6.45) is 0.723. The fraction of sp³-hybridized carbons (Fsp3) is 0.364. The molecule has 8 nitrogen and oxygen atoms in total. The van der Waals surface area contributed by atoms with Crippen LogP contribution in [-0.4, -0.2) is 21.9 Å². The lowest BCUT2D eigenvalue weighted by molar-refractivity contribution is -0.384. The van der Waals surface area contributed by atoms with Gasteiger partial charge in [0.25, 0.3) is 5.69 Å². The third-order valence-electron chi connectivity index (χ3n) is 5.20. The van der Waals surface area contributed by atoms with Gasteiger partial charge in [0.15, 0.2) is 5.58 Å². The minimum Gasteiger partial charge on any atom is -0.407 e. The van der Waals surface area contributed by atoms with Crippen LogP contribution in [0.15, 0.2) is 57.7 Å². The molecule has 0 radical (unpaired) electrons. The number of hydrogen-bond donors (Lipinski definition) is 1. The fourth-order valence-electron chi connectivity index (χ4n) is 3.53. The van der Waals surface area contributed by atoms with Crippen LogP contribution in [0.25, 0.3) is 11.1 Å². The number of nitrogens with zero attached hydrogens (tertiary/aromatic N) is 2. The van der Waals surface area contributed by atoms with Gasteiger partial charge in [-0.3, -0.25) is 19.5 Å². The van der Waals surface area contributed by atoms with Crippen molar-refractivity contribution in [2.75, 3.05) is 6.54 Å². The minimum atomic E-state index is -0.588. The van der Waals surface area contributed by atoms with Gasteiger partial charge in [0.05, 0.1) is 16.5 Å². The van der Waals surface area contributed by atoms with E-state index in [1.54, 1.807) is 0 Å². The zero-order chi connectivity index (χ0) is 21.7. The number of fused-ring (bicyclic) bond motifs is 1. The molecule has 0 saturated heterocycles. The number of hydrogen-bond acceptors (Lipinski definition) is 5. The second-order valence-corrected chi connectivity index (χ2v) is 7.60. The van der Waals surface area contributed by atoms with Crippen molar-refractivity contribution in [1.29, 1.82) is 0 Å². The van der Waals surface area contributed by atoms with Crippen molar-refractivity contribution in [3.63, 3.8) is 0 Å². The summed E-state index contributed by atoms with van der Waals surface area (Å²) in [4.78, 5) is 34.7. The number of nitro groups is 1. The highest BCUT2D eigenvalue weighted by Gasteiger charge is 2.17. The van der Waals surface area contributed by atoms with Gasteiger partial charge >= 0.3 is 5.76 Å². The van der Waals surface area contributed by atoms with Gasteiger partial charge in [-0.05, 0) is 24.0 Å². The van der Waals surface area contributed by atoms with E-state index in [1.165, 1.54) is 28.3 Å². The van der Waals surface area contributed by atoms with Crippen LogP contribution in [0.5, 0.6) is 0 Å². The number of nitro benzene ring substituents is 1. The maximum Gasteiger partial charge on any atom is 0.419 e. The summed E-state index contributed by atoms with van der Waals surface area (Å²) >= 11 is 0. The van der Waals surface area contributed by atoms with E-state index >= 15 is 0 Å². The van der Waals surface area contributed by atoms with Gasteiger partial charge in [-0.2, -0.15) is 0 Å². The number of carbonyl (C=O) groups excluding carboxylic acids is 1. The Hall–Kier alpha value is -3.42. The summed E-state index contributed by atoms with van der Waals surface area (Å²) < 4.78 is 6.50. The molecule has 1 heterocycles. The van der Waals surface area contributed by atoms with E-state index in [1.807, 2.05) is 18.2 Å². The SMILES string of the molecule is CC(C)C(CNC(=O)CCCn1c(=O)oc2cc([N+](=O)[O-])ccc21)c1ccccc1. The first-order chi connectivity index (χ1) is 14.4. The molecule has 0 saturated carbocycles. The smallest absolute Gasteiger partial charge is 0.407 e. The number of non-ortho nitro benzene ring substituents is 1. The molecule has 0 aliphatic carbocycles. The molecule has 0 spiro atoms. The first-order valence-electron chi connectivity index (χ1n) is 9.96. The molecule has 8 heteroatoms. The first kappa shape index (κ1) is 21.3. The van der Waals surface area contributed by atoms with Crippen LogP contribution in [0.3, 0.4) is 0 Å². The van der Waals surface area contributed by atoms with Crippen molar-refractivity contribution >= 4 is 22.7 Å². The molecular formula is C22H25N3O5. The van der Waals surface area contributed by atoms with Gasteiger partial charge in [-0.1, -0.05) is 44.2 Å². The number of aromatic nitrogens is 1. The summed E-state index contributed by atoms with van der Waals surface area (Å²) in [5, 5.41) is 13.8. The lowest BCUT2D eigenvalue weighted by Crippen LogP contribution is -2.30. The quantitative estimate of drug-likeness (QED) is 0.425. The van der Waals surface area contributed by atoms with Crippen molar-refractivity contribution in [2.45, 2.75) is 39.2 Å². The molecule has 1 atom stereocenters. The number of benzene rings is 2. The van der Waals surface area contributed by atoms with E-state index < -0.39 is 10.7 Å². The molecule has 0 bridgehead atoms. The van der Waals surface area contributed by atoms with Crippen LogP contribution in [0.4, 0.5) is 5.69 Å². The average Bonchev–Trinajstić information content (AvgIpc) is 3.03. The Morgan fingerprint density at radius 2 is 1.93 bits per heavy atom. The van der Waals surface area contributed by atoms with Crippen LogP contribution in [-0.2, 0) is 11.3 Å². The molecule has 158 valence electrons. The van der Waals surface area contributed by atoms with E-state index in [9.17, 15) is 19.7 Å². The van der Waals surface area contributed by atoms with Crippen LogP contribution in [0.2, 0.25) is 0 Å². The second-order valence-electron chi connectivity index (χ2n) is 7.60. The zero-order valence-corrected chi connectivity index (χ0v) is 17.0. The predicted octanol–water partition coefficient (Wildman–Crippen LogP) is 3.84. The molecule has 30 heavy (non-hydrogen) atoms. The Balaban J connectivity index is 1.56. The Morgan fingerprint density at radius 1 is 1.20 bits per heavy atom. The van der Waals surface area contributed by atoms with Crippen LogP contribution < -0.4 is 11.1 Å². The number of carbonyl (C=O) groups is 1. The molecule has 0 aliphatic rings. The highest BCUT2D eigenvalue weighted by Crippen LogP contribution is 2.23. The number of rotatable bonds is 9. The Bertz CT molecular complexity index is 1090. The van der Waals surface area contributed by atoms with Crippen molar-refractivity contribution in [3.8, 4) is 0 Å². The first-order valence-corrected chi connectivity index (χ1v) is 9.96. The number of amides is 1. The van der Waals surface area contributed by atoms with Gasteiger partial charge in [0.1, 0.15) is 0 Å².